The summed E-state index contributed by atoms with van der Waals surface area (Å²) in [6.07, 6.45) is 2.34. The first kappa shape index (κ1) is 28.4. The first-order chi connectivity index (χ1) is 21.2. The lowest BCUT2D eigenvalue weighted by atomic mass is 9.84. The molecular weight excluding hydrogens is 552 g/mol. The molecule has 0 amide bonds. The molecule has 0 aliphatic carbocycles. The molecular formula is C37H32N2O3S. The summed E-state index contributed by atoms with van der Waals surface area (Å²) in [5, 5.41) is 0. The van der Waals surface area contributed by atoms with Gasteiger partial charge in [-0.1, -0.05) is 121 Å². The Bertz CT molecular complexity index is 1550. The first-order valence-corrected chi connectivity index (χ1v) is 15.4. The molecule has 0 bridgehead atoms. The highest BCUT2D eigenvalue weighted by atomic mass is 32.2. The Hall–Kier alpha value is -4.68. The Morgan fingerprint density at radius 3 is 1.86 bits per heavy atom. The number of aromatic nitrogens is 1. The molecule has 0 unspecified atom stereocenters. The third-order valence-corrected chi connectivity index (χ3v) is 8.93. The molecule has 1 aliphatic heterocycles. The fourth-order valence-corrected chi connectivity index (χ4v) is 6.75. The van der Waals surface area contributed by atoms with E-state index in [1.807, 2.05) is 36.4 Å². The van der Waals surface area contributed by atoms with Crippen molar-refractivity contribution in [3.8, 4) is 0 Å². The maximum absolute atomic E-state index is 12.9. The third-order valence-electron chi connectivity index (χ3n) is 7.42. The average molecular weight is 585 g/mol. The van der Waals surface area contributed by atoms with Gasteiger partial charge in [0.15, 0.2) is 0 Å². The van der Waals surface area contributed by atoms with Crippen LogP contribution >= 0.6 is 11.8 Å². The van der Waals surface area contributed by atoms with Crippen molar-refractivity contribution in [2.24, 2.45) is 4.99 Å². The number of esters is 1. The molecule has 1 aromatic heterocycles. The lowest BCUT2D eigenvalue weighted by molar-refractivity contribution is 0.0529. The zero-order chi connectivity index (χ0) is 29.3. The van der Waals surface area contributed by atoms with Gasteiger partial charge in [0.1, 0.15) is 18.9 Å². The van der Waals surface area contributed by atoms with Crippen molar-refractivity contribution < 1.29 is 14.3 Å². The van der Waals surface area contributed by atoms with Gasteiger partial charge in [-0.15, -0.1) is 11.8 Å². The van der Waals surface area contributed by atoms with Crippen molar-refractivity contribution in [3.05, 3.63) is 173 Å². The number of nitrogens with zero attached hydrogens (tertiary/aromatic N) is 2. The Morgan fingerprint density at radius 2 is 1.33 bits per heavy atom. The molecule has 0 N–H and O–H groups in total. The maximum Gasteiger partial charge on any atom is 0.339 e. The minimum absolute atomic E-state index is 0.0520. The van der Waals surface area contributed by atoms with E-state index < -0.39 is 10.7 Å². The monoisotopic (exact) mass is 584 g/mol. The number of rotatable bonds is 11. The smallest absolute Gasteiger partial charge is 0.339 e. The van der Waals surface area contributed by atoms with Crippen LogP contribution in [0.1, 0.15) is 38.3 Å². The Morgan fingerprint density at radius 1 is 0.767 bits per heavy atom. The van der Waals surface area contributed by atoms with E-state index in [0.29, 0.717) is 29.5 Å². The van der Waals surface area contributed by atoms with Crippen LogP contribution in [0.2, 0.25) is 0 Å². The van der Waals surface area contributed by atoms with Gasteiger partial charge in [-0.3, -0.25) is 4.98 Å². The van der Waals surface area contributed by atoms with Gasteiger partial charge in [-0.05, 0) is 40.8 Å². The van der Waals surface area contributed by atoms with Crippen LogP contribution in [0.4, 0.5) is 0 Å². The van der Waals surface area contributed by atoms with Crippen LogP contribution in [0.25, 0.3) is 0 Å². The first-order valence-electron chi connectivity index (χ1n) is 14.4. The second-order valence-corrected chi connectivity index (χ2v) is 11.6. The van der Waals surface area contributed by atoms with E-state index in [1.165, 1.54) is 28.5 Å². The standard InChI is InChI=1S/C37H32N2O3S/c40-36(29-21-22-34(38-26-29)35-39-33(27-42-35)25-28-13-5-1-6-14-28)41-23-24-43-37(30-15-7-2-8-16-30,31-17-9-3-10-18-31)32-19-11-4-12-20-32/h1-22,26,33H,23-25,27H2/t33-/m0/s1. The van der Waals surface area contributed by atoms with Gasteiger partial charge in [0, 0.05) is 11.9 Å². The minimum atomic E-state index is -0.459. The number of ether oxygens (including phenoxy) is 2. The summed E-state index contributed by atoms with van der Waals surface area (Å²) in [6, 6.07) is 45.3. The van der Waals surface area contributed by atoms with Gasteiger partial charge < -0.3 is 9.47 Å². The van der Waals surface area contributed by atoms with Crippen molar-refractivity contribution in [2.45, 2.75) is 17.2 Å². The van der Waals surface area contributed by atoms with Crippen molar-refractivity contribution in [3.63, 3.8) is 0 Å². The highest BCUT2D eigenvalue weighted by molar-refractivity contribution is 8.00. The second kappa shape index (κ2) is 13.5. The molecule has 6 rings (SSSR count). The van der Waals surface area contributed by atoms with Gasteiger partial charge in [-0.2, -0.15) is 0 Å². The Balaban J connectivity index is 1.12. The molecule has 2 heterocycles. The lowest BCUT2D eigenvalue weighted by Crippen LogP contribution is -2.27. The summed E-state index contributed by atoms with van der Waals surface area (Å²) < 4.78 is 11.1. The zero-order valence-corrected chi connectivity index (χ0v) is 24.5. The molecule has 0 saturated carbocycles. The van der Waals surface area contributed by atoms with E-state index in [9.17, 15) is 4.79 Å². The predicted molar refractivity (Wildman–Crippen MR) is 173 cm³/mol. The number of carbonyl (C=O) groups excluding carboxylic acids is 1. The van der Waals surface area contributed by atoms with Crippen LogP contribution in [0, 0.1) is 0 Å². The fraction of sp³-hybridized carbons (Fsp3) is 0.162. The van der Waals surface area contributed by atoms with Gasteiger partial charge >= 0.3 is 5.97 Å². The maximum atomic E-state index is 12.9. The van der Waals surface area contributed by atoms with E-state index >= 15 is 0 Å². The summed E-state index contributed by atoms with van der Waals surface area (Å²) >= 11 is 1.76. The lowest BCUT2D eigenvalue weighted by Gasteiger charge is -2.35. The Kier molecular flexibility index (Phi) is 8.95. The van der Waals surface area contributed by atoms with E-state index in [4.69, 9.17) is 14.5 Å². The number of hydrogen-bond acceptors (Lipinski definition) is 6. The van der Waals surface area contributed by atoms with Crippen LogP contribution in [0.15, 0.2) is 145 Å². The quantitative estimate of drug-likeness (QED) is 0.0923. The molecule has 5 nitrogen and oxygen atoms in total. The van der Waals surface area contributed by atoms with Crippen LogP contribution < -0.4 is 0 Å². The second-order valence-electron chi connectivity index (χ2n) is 10.3. The number of pyridine rings is 1. The molecule has 5 aromatic rings. The minimum Gasteiger partial charge on any atom is -0.474 e. The molecule has 214 valence electrons. The Labute approximate surface area is 256 Å². The highest BCUT2D eigenvalue weighted by Gasteiger charge is 2.36. The molecule has 43 heavy (non-hydrogen) atoms. The van der Waals surface area contributed by atoms with Gasteiger partial charge in [0.25, 0.3) is 0 Å². The molecule has 0 fully saturated rings. The number of thioether (sulfide) groups is 1. The van der Waals surface area contributed by atoms with Crippen molar-refractivity contribution in [2.75, 3.05) is 19.0 Å². The highest BCUT2D eigenvalue weighted by Crippen LogP contribution is 2.48. The molecule has 0 radical (unpaired) electrons. The largest absolute Gasteiger partial charge is 0.474 e. The normalized spacial score (nSPS) is 14.5. The molecule has 6 heteroatoms. The average Bonchev–Trinajstić information content (AvgIpc) is 3.55. The van der Waals surface area contributed by atoms with Crippen LogP contribution in [-0.4, -0.2) is 41.9 Å². The summed E-state index contributed by atoms with van der Waals surface area (Å²) in [5.41, 5.74) is 5.75. The fourth-order valence-electron chi connectivity index (χ4n) is 5.37. The number of hydrogen-bond donors (Lipinski definition) is 0. The zero-order valence-electron chi connectivity index (χ0n) is 23.7. The van der Waals surface area contributed by atoms with E-state index in [2.05, 4.69) is 89.9 Å². The predicted octanol–water partition coefficient (Wildman–Crippen LogP) is 7.35. The number of aliphatic imine (C=N–C) groups is 1. The van der Waals surface area contributed by atoms with Crippen molar-refractivity contribution in [1.29, 1.82) is 0 Å². The molecule has 4 aromatic carbocycles. The topological polar surface area (TPSA) is 60.8 Å². The van der Waals surface area contributed by atoms with E-state index in [-0.39, 0.29) is 12.6 Å². The summed E-state index contributed by atoms with van der Waals surface area (Å²) in [6.45, 7) is 0.778. The van der Waals surface area contributed by atoms with Crippen LogP contribution in [-0.2, 0) is 20.6 Å². The molecule has 0 spiro atoms. The molecule has 1 aliphatic rings. The van der Waals surface area contributed by atoms with E-state index in [0.717, 1.165) is 6.42 Å². The van der Waals surface area contributed by atoms with Crippen molar-refractivity contribution in [1.82, 2.24) is 4.98 Å². The summed E-state index contributed by atoms with van der Waals surface area (Å²) in [4.78, 5) is 22.1. The molecule has 1 atom stereocenters. The van der Waals surface area contributed by atoms with Gasteiger partial charge in [-0.25, -0.2) is 9.79 Å². The van der Waals surface area contributed by atoms with E-state index in [1.54, 1.807) is 23.9 Å². The SMILES string of the molecule is O=C(OCCSC(c1ccccc1)(c1ccccc1)c1ccccc1)c1ccc(C2=N[C@@H](Cc3ccccc3)CO2)nc1. The summed E-state index contributed by atoms with van der Waals surface area (Å²) in [5.74, 6) is 0.709. The number of benzene rings is 4. The molecule has 0 saturated heterocycles. The summed E-state index contributed by atoms with van der Waals surface area (Å²) in [7, 11) is 0. The van der Waals surface area contributed by atoms with Gasteiger partial charge in [0.2, 0.25) is 5.90 Å². The van der Waals surface area contributed by atoms with Crippen LogP contribution in [0.5, 0.6) is 0 Å². The number of carbonyl (C=O) groups is 1. The van der Waals surface area contributed by atoms with Gasteiger partial charge in [0.05, 0.1) is 16.4 Å². The van der Waals surface area contributed by atoms with Crippen LogP contribution in [0.3, 0.4) is 0 Å². The van der Waals surface area contributed by atoms with Crippen molar-refractivity contribution >= 4 is 23.6 Å². The third kappa shape index (κ3) is 6.55.